The number of hydrogen-bond acceptors (Lipinski definition) is 5. The Morgan fingerprint density at radius 2 is 2.22 bits per heavy atom. The number of hydrogen-bond donors (Lipinski definition) is 0. The second-order valence-corrected chi connectivity index (χ2v) is 6.98. The van der Waals surface area contributed by atoms with Crippen LogP contribution < -0.4 is 4.74 Å². The quantitative estimate of drug-likeness (QED) is 0.802. The highest BCUT2D eigenvalue weighted by molar-refractivity contribution is 5.26. The van der Waals surface area contributed by atoms with Gasteiger partial charge >= 0.3 is 0 Å². The van der Waals surface area contributed by atoms with E-state index in [1.165, 1.54) is 24.9 Å². The highest BCUT2D eigenvalue weighted by Crippen LogP contribution is 2.39. The molecule has 1 aromatic heterocycles. The van der Waals surface area contributed by atoms with Gasteiger partial charge in [0.25, 0.3) is 0 Å². The van der Waals surface area contributed by atoms with E-state index in [-0.39, 0.29) is 0 Å². The highest BCUT2D eigenvalue weighted by Gasteiger charge is 2.49. The van der Waals surface area contributed by atoms with Crippen LogP contribution in [0.3, 0.4) is 0 Å². The first kappa shape index (κ1) is 16.7. The van der Waals surface area contributed by atoms with Gasteiger partial charge in [0.1, 0.15) is 0 Å². The largest absolute Gasteiger partial charge is 0.481 e. The summed E-state index contributed by atoms with van der Waals surface area (Å²) in [4.78, 5) is 9.36. The second-order valence-electron chi connectivity index (χ2n) is 6.98. The van der Waals surface area contributed by atoms with Crippen molar-refractivity contribution in [3.05, 3.63) is 23.9 Å². The number of ether oxygens (including phenoxy) is 2. The molecule has 0 amide bonds. The van der Waals surface area contributed by atoms with Crippen molar-refractivity contribution in [1.29, 1.82) is 0 Å². The Hall–Kier alpha value is -1.17. The van der Waals surface area contributed by atoms with Crippen molar-refractivity contribution < 1.29 is 9.47 Å². The van der Waals surface area contributed by atoms with E-state index in [1.807, 2.05) is 6.07 Å². The van der Waals surface area contributed by atoms with E-state index in [9.17, 15) is 0 Å². The summed E-state index contributed by atoms with van der Waals surface area (Å²) in [5.74, 6) is 1.46. The number of rotatable bonds is 6. The molecule has 2 saturated heterocycles. The maximum Gasteiger partial charge on any atom is 0.217 e. The Kier molecular flexibility index (Phi) is 5.19. The Morgan fingerprint density at radius 3 is 2.96 bits per heavy atom. The zero-order valence-electron chi connectivity index (χ0n) is 14.6. The minimum Gasteiger partial charge on any atom is -0.481 e. The van der Waals surface area contributed by atoms with Crippen molar-refractivity contribution in [3.8, 4) is 5.88 Å². The van der Waals surface area contributed by atoms with E-state index in [1.54, 1.807) is 13.3 Å². The lowest BCUT2D eigenvalue weighted by molar-refractivity contribution is -0.0924. The molecule has 0 aromatic carbocycles. The van der Waals surface area contributed by atoms with Crippen LogP contribution in [0.2, 0.25) is 0 Å². The highest BCUT2D eigenvalue weighted by atomic mass is 16.5. The van der Waals surface area contributed by atoms with Crippen LogP contribution in [0.25, 0.3) is 0 Å². The lowest BCUT2D eigenvalue weighted by Crippen LogP contribution is -2.71. The molecular formula is C18H29N3O2. The van der Waals surface area contributed by atoms with Gasteiger partial charge in [-0.25, -0.2) is 4.98 Å². The molecule has 2 aliphatic heterocycles. The predicted octanol–water partition coefficient (Wildman–Crippen LogP) is 2.02. The van der Waals surface area contributed by atoms with E-state index in [0.29, 0.717) is 11.5 Å². The van der Waals surface area contributed by atoms with Crippen molar-refractivity contribution in [2.24, 2.45) is 5.92 Å². The Bertz CT molecular complexity index is 515. The smallest absolute Gasteiger partial charge is 0.217 e. The molecule has 2 aliphatic rings. The summed E-state index contributed by atoms with van der Waals surface area (Å²) < 4.78 is 11.0. The van der Waals surface area contributed by atoms with Crippen molar-refractivity contribution in [3.63, 3.8) is 0 Å². The number of likely N-dealkylation sites (tertiary alicyclic amines) is 2. The van der Waals surface area contributed by atoms with Crippen molar-refractivity contribution in [1.82, 2.24) is 14.8 Å². The van der Waals surface area contributed by atoms with Crippen molar-refractivity contribution in [2.45, 2.75) is 31.8 Å². The van der Waals surface area contributed by atoms with Gasteiger partial charge in [0, 0.05) is 50.1 Å². The summed E-state index contributed by atoms with van der Waals surface area (Å²) in [6.07, 6.45) is 4.30. The number of piperidine rings is 1. The van der Waals surface area contributed by atoms with Crippen LogP contribution in [-0.4, -0.2) is 67.3 Å². The maximum atomic E-state index is 5.67. The van der Waals surface area contributed by atoms with Crippen LogP contribution in [0, 0.1) is 5.92 Å². The van der Waals surface area contributed by atoms with E-state index in [2.05, 4.69) is 34.8 Å². The third-order valence-corrected chi connectivity index (χ3v) is 5.38. The average molecular weight is 319 g/mol. The fraction of sp³-hybridized carbons (Fsp3) is 0.722. The molecule has 23 heavy (non-hydrogen) atoms. The van der Waals surface area contributed by atoms with Crippen LogP contribution in [0.5, 0.6) is 5.88 Å². The van der Waals surface area contributed by atoms with Gasteiger partial charge in [-0.3, -0.25) is 9.80 Å². The van der Waals surface area contributed by atoms with Crippen LogP contribution in [0.15, 0.2) is 18.3 Å². The van der Waals surface area contributed by atoms with Crippen LogP contribution in [-0.2, 0) is 11.3 Å². The average Bonchev–Trinajstić information content (AvgIpc) is 2.54. The van der Waals surface area contributed by atoms with Gasteiger partial charge in [0.15, 0.2) is 0 Å². The molecule has 0 radical (unpaired) electrons. The standard InChI is InChI=1S/C18H29N3O2/c1-4-23-12-15-7-9-20(2)18(10-15)13-21(14-18)11-16-6-5-8-19-17(16)22-3/h5-6,8,15H,4,7,9-14H2,1-3H3. The molecule has 1 unspecified atom stereocenters. The topological polar surface area (TPSA) is 37.8 Å². The van der Waals surface area contributed by atoms with Gasteiger partial charge in [-0.05, 0) is 45.3 Å². The second kappa shape index (κ2) is 7.16. The van der Waals surface area contributed by atoms with E-state index in [4.69, 9.17) is 9.47 Å². The Balaban J connectivity index is 1.57. The number of likely N-dealkylation sites (N-methyl/N-ethyl adjacent to an activating group) is 1. The summed E-state index contributed by atoms with van der Waals surface area (Å²) in [5, 5.41) is 0. The van der Waals surface area contributed by atoms with Gasteiger partial charge in [-0.2, -0.15) is 0 Å². The van der Waals surface area contributed by atoms with E-state index >= 15 is 0 Å². The minimum atomic E-state index is 0.343. The SMILES string of the molecule is CCOCC1CCN(C)C2(C1)CN(Cc1cccnc1OC)C2. The lowest BCUT2D eigenvalue weighted by Gasteiger charge is -2.58. The van der Waals surface area contributed by atoms with Gasteiger partial charge in [-0.15, -0.1) is 0 Å². The molecule has 2 fully saturated rings. The number of pyridine rings is 1. The van der Waals surface area contributed by atoms with Gasteiger partial charge in [0.2, 0.25) is 5.88 Å². The molecule has 3 heterocycles. The summed E-state index contributed by atoms with van der Waals surface area (Å²) in [6, 6.07) is 4.09. The zero-order valence-corrected chi connectivity index (χ0v) is 14.6. The third kappa shape index (κ3) is 3.52. The fourth-order valence-electron chi connectivity index (χ4n) is 4.07. The maximum absolute atomic E-state index is 5.67. The molecule has 0 aliphatic carbocycles. The first-order valence-electron chi connectivity index (χ1n) is 8.66. The van der Waals surface area contributed by atoms with Gasteiger partial charge in [-0.1, -0.05) is 6.07 Å². The van der Waals surface area contributed by atoms with Crippen LogP contribution in [0.1, 0.15) is 25.3 Å². The summed E-state index contributed by atoms with van der Waals surface area (Å²) in [5.41, 5.74) is 1.52. The molecule has 0 saturated carbocycles. The van der Waals surface area contributed by atoms with Crippen LogP contribution in [0.4, 0.5) is 0 Å². The summed E-state index contributed by atoms with van der Waals surface area (Å²) >= 11 is 0. The molecule has 1 aromatic rings. The Labute approximate surface area is 139 Å². The lowest BCUT2D eigenvalue weighted by atomic mass is 9.75. The zero-order chi connectivity index (χ0) is 16.3. The molecule has 3 rings (SSSR count). The summed E-state index contributed by atoms with van der Waals surface area (Å²) in [6.45, 7) is 8.19. The number of nitrogens with zero attached hydrogens (tertiary/aromatic N) is 3. The molecule has 5 heteroatoms. The van der Waals surface area contributed by atoms with E-state index < -0.39 is 0 Å². The molecule has 128 valence electrons. The Morgan fingerprint density at radius 1 is 1.39 bits per heavy atom. The van der Waals surface area contributed by atoms with Crippen molar-refractivity contribution in [2.75, 3.05) is 47.0 Å². The molecule has 1 spiro atoms. The first-order valence-corrected chi connectivity index (χ1v) is 8.66. The summed E-state index contributed by atoms with van der Waals surface area (Å²) in [7, 11) is 3.97. The molecule has 5 nitrogen and oxygen atoms in total. The monoisotopic (exact) mass is 319 g/mol. The molecule has 0 N–H and O–H groups in total. The molecule has 1 atom stereocenters. The predicted molar refractivity (Wildman–Crippen MR) is 90.6 cm³/mol. The number of aromatic nitrogens is 1. The van der Waals surface area contributed by atoms with Gasteiger partial charge < -0.3 is 9.47 Å². The normalized spacial score (nSPS) is 24.6. The molecule has 0 bridgehead atoms. The van der Waals surface area contributed by atoms with Crippen LogP contribution >= 0.6 is 0 Å². The third-order valence-electron chi connectivity index (χ3n) is 5.38. The fourth-order valence-corrected chi connectivity index (χ4v) is 4.07. The van der Waals surface area contributed by atoms with E-state index in [0.717, 1.165) is 38.7 Å². The van der Waals surface area contributed by atoms with Crippen molar-refractivity contribution >= 4 is 0 Å². The minimum absolute atomic E-state index is 0.343. The van der Waals surface area contributed by atoms with Gasteiger partial charge in [0.05, 0.1) is 7.11 Å². The molecular weight excluding hydrogens is 290 g/mol. The number of methoxy groups -OCH3 is 1. The first-order chi connectivity index (χ1) is 11.2.